The molecule has 0 spiro atoms. The van der Waals surface area contributed by atoms with Crippen molar-refractivity contribution in [3.8, 4) is 0 Å². The van der Waals surface area contributed by atoms with Gasteiger partial charge in [0.2, 0.25) is 0 Å². The van der Waals surface area contributed by atoms with Gasteiger partial charge in [0.25, 0.3) is 0 Å². The number of hydrogen-bond acceptors (Lipinski definition) is 0. The molecule has 1 aromatic carbocycles. The average Bonchev–Trinajstić information content (AvgIpc) is 2.28. The summed E-state index contributed by atoms with van der Waals surface area (Å²) < 4.78 is 13.7. The van der Waals surface area contributed by atoms with Crippen LogP contribution in [0, 0.1) is 17.7 Å². The van der Waals surface area contributed by atoms with Gasteiger partial charge in [0.05, 0.1) is 0 Å². The lowest BCUT2D eigenvalue weighted by Crippen LogP contribution is -2.26. The van der Waals surface area contributed by atoms with E-state index in [-0.39, 0.29) is 11.2 Å². The first-order chi connectivity index (χ1) is 8.08. The van der Waals surface area contributed by atoms with E-state index in [2.05, 4.69) is 6.92 Å². The Morgan fingerprint density at radius 2 is 2.12 bits per heavy atom. The van der Waals surface area contributed by atoms with E-state index in [1.807, 2.05) is 0 Å². The zero-order chi connectivity index (χ0) is 12.4. The highest BCUT2D eigenvalue weighted by Crippen LogP contribution is 2.36. The van der Waals surface area contributed by atoms with Crippen molar-refractivity contribution in [1.29, 1.82) is 0 Å². The van der Waals surface area contributed by atoms with E-state index in [1.54, 1.807) is 12.1 Å². The summed E-state index contributed by atoms with van der Waals surface area (Å²) in [5.41, 5.74) is 0.624. The van der Waals surface area contributed by atoms with E-state index < -0.39 is 0 Å². The monoisotopic (exact) mass is 274 g/mol. The summed E-state index contributed by atoms with van der Waals surface area (Å²) in [4.78, 5) is 0. The van der Waals surface area contributed by atoms with Gasteiger partial charge >= 0.3 is 0 Å². The summed E-state index contributed by atoms with van der Waals surface area (Å²) in [5, 5.41) is 0.675. The molecule has 0 radical (unpaired) electrons. The molecule has 0 N–H and O–H groups in total. The van der Waals surface area contributed by atoms with Crippen molar-refractivity contribution < 1.29 is 4.39 Å². The van der Waals surface area contributed by atoms with E-state index in [0.717, 1.165) is 12.8 Å². The van der Waals surface area contributed by atoms with E-state index in [9.17, 15) is 4.39 Å². The van der Waals surface area contributed by atoms with Crippen LogP contribution in [-0.2, 0) is 6.42 Å². The van der Waals surface area contributed by atoms with Gasteiger partial charge in [-0.2, -0.15) is 0 Å². The van der Waals surface area contributed by atoms with E-state index in [0.29, 0.717) is 28.8 Å². The topological polar surface area (TPSA) is 0 Å². The van der Waals surface area contributed by atoms with Gasteiger partial charge in [-0.1, -0.05) is 24.6 Å². The quantitative estimate of drug-likeness (QED) is 0.661. The first kappa shape index (κ1) is 13.2. The first-order valence-electron chi connectivity index (χ1n) is 6.15. The summed E-state index contributed by atoms with van der Waals surface area (Å²) in [5.74, 6) is 0.815. The van der Waals surface area contributed by atoms with Crippen molar-refractivity contribution >= 4 is 23.2 Å². The van der Waals surface area contributed by atoms with Crippen LogP contribution in [-0.4, -0.2) is 5.38 Å². The van der Waals surface area contributed by atoms with Gasteiger partial charge in [-0.15, -0.1) is 11.6 Å². The molecule has 0 nitrogen and oxygen atoms in total. The molecule has 1 aromatic rings. The normalized spacial score (nSPS) is 29.3. The van der Waals surface area contributed by atoms with Crippen LogP contribution in [0.2, 0.25) is 5.02 Å². The molecule has 2 rings (SSSR count). The SMILES string of the molecule is CC1CCC(Cl)C(Cc2c(F)cccc2Cl)C1. The fourth-order valence-electron chi connectivity index (χ4n) is 2.66. The van der Waals surface area contributed by atoms with Crippen LogP contribution in [0.1, 0.15) is 31.7 Å². The fraction of sp³-hybridized carbons (Fsp3) is 0.571. The van der Waals surface area contributed by atoms with Crippen LogP contribution in [0.5, 0.6) is 0 Å². The molecule has 0 bridgehead atoms. The Morgan fingerprint density at radius 3 is 2.82 bits per heavy atom. The van der Waals surface area contributed by atoms with Gasteiger partial charge in [-0.25, -0.2) is 4.39 Å². The Kier molecular flexibility index (Phi) is 4.32. The minimum absolute atomic E-state index is 0.155. The summed E-state index contributed by atoms with van der Waals surface area (Å²) in [6, 6.07) is 4.86. The Morgan fingerprint density at radius 1 is 1.35 bits per heavy atom. The zero-order valence-corrected chi connectivity index (χ0v) is 11.4. The third-order valence-electron chi connectivity index (χ3n) is 3.68. The van der Waals surface area contributed by atoms with Gasteiger partial charge in [0.15, 0.2) is 0 Å². The molecule has 0 aliphatic heterocycles. The van der Waals surface area contributed by atoms with E-state index in [1.165, 1.54) is 12.5 Å². The first-order valence-corrected chi connectivity index (χ1v) is 6.96. The molecular weight excluding hydrogens is 258 g/mol. The fourth-order valence-corrected chi connectivity index (χ4v) is 3.22. The average molecular weight is 275 g/mol. The molecule has 3 atom stereocenters. The summed E-state index contributed by atoms with van der Waals surface area (Å²) in [6.45, 7) is 2.23. The standard InChI is InChI=1S/C14H17Cl2F/c1-9-5-6-12(15)10(7-9)8-11-13(16)3-2-4-14(11)17/h2-4,9-10,12H,5-8H2,1H3. The van der Waals surface area contributed by atoms with E-state index in [4.69, 9.17) is 23.2 Å². The smallest absolute Gasteiger partial charge is 0.127 e. The second kappa shape index (κ2) is 5.58. The molecule has 1 fully saturated rings. The lowest BCUT2D eigenvalue weighted by molar-refractivity contribution is 0.285. The number of halogens is 3. The highest BCUT2D eigenvalue weighted by atomic mass is 35.5. The molecule has 0 heterocycles. The van der Waals surface area contributed by atoms with Crippen LogP contribution in [0.3, 0.4) is 0 Å². The van der Waals surface area contributed by atoms with Gasteiger partial charge < -0.3 is 0 Å². The summed E-state index contributed by atoms with van der Waals surface area (Å²) in [6.07, 6.45) is 3.93. The Labute approximate surface area is 112 Å². The molecule has 3 unspecified atom stereocenters. The number of rotatable bonds is 2. The molecule has 17 heavy (non-hydrogen) atoms. The van der Waals surface area contributed by atoms with Crippen molar-refractivity contribution in [1.82, 2.24) is 0 Å². The van der Waals surface area contributed by atoms with E-state index >= 15 is 0 Å². The van der Waals surface area contributed by atoms with Crippen molar-refractivity contribution in [2.75, 3.05) is 0 Å². The Balaban J connectivity index is 2.14. The highest BCUT2D eigenvalue weighted by Gasteiger charge is 2.28. The molecular formula is C14H17Cl2F. The molecule has 3 heteroatoms. The van der Waals surface area contributed by atoms with Crippen LogP contribution in [0.4, 0.5) is 4.39 Å². The minimum Gasteiger partial charge on any atom is -0.207 e. The van der Waals surface area contributed by atoms with Gasteiger partial charge in [-0.05, 0) is 49.7 Å². The molecule has 0 amide bonds. The minimum atomic E-state index is -0.209. The molecule has 94 valence electrons. The third-order valence-corrected chi connectivity index (χ3v) is 4.61. The van der Waals surface area contributed by atoms with Crippen molar-refractivity contribution in [2.24, 2.45) is 11.8 Å². The zero-order valence-electron chi connectivity index (χ0n) is 9.93. The van der Waals surface area contributed by atoms with Gasteiger partial charge in [-0.3, -0.25) is 0 Å². The Hall–Kier alpha value is -0.270. The van der Waals surface area contributed by atoms with Gasteiger partial charge in [0, 0.05) is 16.0 Å². The predicted octanol–water partition coefficient (Wildman–Crippen LogP) is 5.07. The number of hydrogen-bond donors (Lipinski definition) is 0. The van der Waals surface area contributed by atoms with Crippen LogP contribution < -0.4 is 0 Å². The molecule has 1 aliphatic rings. The second-order valence-corrected chi connectivity index (χ2v) is 6.07. The molecule has 0 aromatic heterocycles. The van der Waals surface area contributed by atoms with Crippen molar-refractivity contribution in [3.63, 3.8) is 0 Å². The molecule has 1 aliphatic carbocycles. The largest absolute Gasteiger partial charge is 0.207 e. The van der Waals surface area contributed by atoms with Crippen molar-refractivity contribution in [3.05, 3.63) is 34.6 Å². The third kappa shape index (κ3) is 3.14. The highest BCUT2D eigenvalue weighted by molar-refractivity contribution is 6.31. The Bertz CT molecular complexity index is 372. The molecule has 0 saturated heterocycles. The maximum absolute atomic E-state index is 13.7. The van der Waals surface area contributed by atoms with Gasteiger partial charge in [0.1, 0.15) is 5.82 Å². The summed E-state index contributed by atoms with van der Waals surface area (Å²) in [7, 11) is 0. The number of benzene rings is 1. The lowest BCUT2D eigenvalue weighted by atomic mass is 9.79. The van der Waals surface area contributed by atoms with Crippen LogP contribution in [0.25, 0.3) is 0 Å². The van der Waals surface area contributed by atoms with Crippen molar-refractivity contribution in [2.45, 2.75) is 38.0 Å². The maximum Gasteiger partial charge on any atom is 0.127 e. The lowest BCUT2D eigenvalue weighted by Gasteiger charge is -2.31. The second-order valence-electron chi connectivity index (χ2n) is 5.10. The van der Waals surface area contributed by atoms with Crippen LogP contribution in [0.15, 0.2) is 18.2 Å². The maximum atomic E-state index is 13.7. The van der Waals surface area contributed by atoms with Crippen LogP contribution >= 0.6 is 23.2 Å². The predicted molar refractivity (Wildman–Crippen MR) is 71.3 cm³/mol. The number of alkyl halides is 1. The summed E-state index contributed by atoms with van der Waals surface area (Å²) >= 11 is 12.4. The molecule has 1 saturated carbocycles.